The van der Waals surface area contributed by atoms with Gasteiger partial charge in [-0.05, 0) is 98.2 Å². The van der Waals surface area contributed by atoms with E-state index < -0.39 is 5.97 Å². The van der Waals surface area contributed by atoms with Crippen molar-refractivity contribution in [1.82, 2.24) is 0 Å². The highest BCUT2D eigenvalue weighted by molar-refractivity contribution is 5.66. The topological polar surface area (TPSA) is 57.5 Å². The fourth-order valence-corrected chi connectivity index (χ4v) is 8.34. The summed E-state index contributed by atoms with van der Waals surface area (Å²) in [5, 5.41) is 20.2. The van der Waals surface area contributed by atoms with Gasteiger partial charge >= 0.3 is 5.97 Å². The maximum Gasteiger partial charge on any atom is 0.303 e. The second-order valence-electron chi connectivity index (χ2n) is 10.6. The van der Waals surface area contributed by atoms with Crippen LogP contribution in [0.25, 0.3) is 0 Å². The lowest BCUT2D eigenvalue weighted by atomic mass is 9.44. The third kappa shape index (κ3) is 7.01. The lowest BCUT2D eigenvalue weighted by Gasteiger charge is -2.62. The van der Waals surface area contributed by atoms with Crippen LogP contribution in [0.1, 0.15) is 146 Å². The number of rotatable bonds is 4. The average Bonchev–Trinajstić information content (AvgIpc) is 3.20. The Kier molecular flexibility index (Phi) is 16.0. The second-order valence-corrected chi connectivity index (χ2v) is 10.6. The molecule has 0 radical (unpaired) electrons. The summed E-state index contributed by atoms with van der Waals surface area (Å²) in [4.78, 5) is 10.9. The summed E-state index contributed by atoms with van der Waals surface area (Å²) in [6.45, 7) is 21.0. The zero-order chi connectivity index (χ0) is 26.5. The van der Waals surface area contributed by atoms with E-state index in [0.29, 0.717) is 40.9 Å². The number of fused-ring (bicyclic) bond motifs is 5. The molecule has 0 heterocycles. The van der Waals surface area contributed by atoms with Gasteiger partial charge in [0.25, 0.3) is 0 Å². The molecule has 4 aliphatic rings. The monoisotopic (exact) mass is 482 g/mol. The highest BCUT2D eigenvalue weighted by atomic mass is 16.4. The van der Waals surface area contributed by atoms with Crippen LogP contribution in [-0.4, -0.2) is 22.3 Å². The first-order valence-electron chi connectivity index (χ1n) is 15.3. The Labute approximate surface area is 213 Å². The summed E-state index contributed by atoms with van der Waals surface area (Å²) >= 11 is 0. The third-order valence-corrected chi connectivity index (χ3v) is 9.74. The van der Waals surface area contributed by atoms with Crippen molar-refractivity contribution in [3.05, 3.63) is 0 Å². The molecule has 4 aliphatic carbocycles. The van der Waals surface area contributed by atoms with E-state index in [1.54, 1.807) is 0 Å². The zero-order valence-electron chi connectivity index (χ0n) is 24.8. The van der Waals surface area contributed by atoms with Gasteiger partial charge < -0.3 is 10.2 Å². The van der Waals surface area contributed by atoms with Crippen LogP contribution in [0, 0.1) is 40.4 Å². The maximum atomic E-state index is 11.2. The number of hydrogen-bond donors (Lipinski definition) is 2. The second kappa shape index (κ2) is 16.2. The summed E-state index contributed by atoms with van der Waals surface area (Å²) in [7, 11) is 0. The normalized spacial score (nSPS) is 39.4. The van der Waals surface area contributed by atoms with Crippen LogP contribution in [0.5, 0.6) is 0 Å². The number of carboxylic acids is 1. The van der Waals surface area contributed by atoms with Gasteiger partial charge in [-0.25, -0.2) is 0 Å². The average molecular weight is 483 g/mol. The predicted molar refractivity (Wildman–Crippen MR) is 148 cm³/mol. The van der Waals surface area contributed by atoms with E-state index in [2.05, 4.69) is 13.8 Å². The summed E-state index contributed by atoms with van der Waals surface area (Å²) in [5.74, 6) is 2.62. The SMILES string of the molecule is CC.CC.CC.CC.CC12CCC3C(C(O)CC4CCCCC43C)C1CCC2CCCC(=O)O. The first kappa shape index (κ1) is 33.4. The van der Waals surface area contributed by atoms with E-state index >= 15 is 0 Å². The summed E-state index contributed by atoms with van der Waals surface area (Å²) in [6, 6.07) is 0. The molecule has 0 spiro atoms. The van der Waals surface area contributed by atoms with Crippen molar-refractivity contribution in [3.8, 4) is 0 Å². The van der Waals surface area contributed by atoms with Crippen molar-refractivity contribution >= 4 is 5.97 Å². The largest absolute Gasteiger partial charge is 0.481 e. The molecular weight excluding hydrogens is 420 g/mol. The maximum absolute atomic E-state index is 11.2. The van der Waals surface area contributed by atoms with E-state index in [0.717, 1.165) is 25.2 Å². The Bertz CT molecular complexity index is 547. The van der Waals surface area contributed by atoms with Crippen LogP contribution in [0.4, 0.5) is 0 Å². The van der Waals surface area contributed by atoms with Gasteiger partial charge in [-0.2, -0.15) is 0 Å². The number of hydrogen-bond acceptors (Lipinski definition) is 2. The minimum absolute atomic E-state index is 0.0985. The predicted octanol–water partition coefficient (Wildman–Crippen LogP) is 9.37. The molecule has 204 valence electrons. The van der Waals surface area contributed by atoms with Gasteiger partial charge in [-0.3, -0.25) is 4.79 Å². The molecule has 4 rings (SSSR count). The van der Waals surface area contributed by atoms with Gasteiger partial charge in [-0.1, -0.05) is 82.1 Å². The van der Waals surface area contributed by atoms with Crippen LogP contribution < -0.4 is 0 Å². The van der Waals surface area contributed by atoms with Crippen LogP contribution in [-0.2, 0) is 4.79 Å². The fourth-order valence-electron chi connectivity index (χ4n) is 8.34. The third-order valence-electron chi connectivity index (χ3n) is 9.74. The Morgan fingerprint density at radius 1 is 0.794 bits per heavy atom. The highest BCUT2D eigenvalue weighted by Crippen LogP contribution is 2.67. The lowest BCUT2D eigenvalue weighted by Crippen LogP contribution is -2.57. The molecular formula is C31H62O3. The molecule has 0 aromatic carbocycles. The first-order chi connectivity index (χ1) is 16.4. The lowest BCUT2D eigenvalue weighted by molar-refractivity contribution is -0.162. The van der Waals surface area contributed by atoms with Gasteiger partial charge in [0.05, 0.1) is 6.10 Å². The van der Waals surface area contributed by atoms with Gasteiger partial charge in [0.2, 0.25) is 0 Å². The highest BCUT2D eigenvalue weighted by Gasteiger charge is 2.61. The van der Waals surface area contributed by atoms with Gasteiger partial charge in [0, 0.05) is 6.42 Å². The van der Waals surface area contributed by atoms with E-state index in [1.165, 1.54) is 51.4 Å². The number of aliphatic hydroxyl groups is 1. The Morgan fingerprint density at radius 3 is 1.97 bits per heavy atom. The first-order valence-corrected chi connectivity index (χ1v) is 15.3. The van der Waals surface area contributed by atoms with Crippen LogP contribution in [0.15, 0.2) is 0 Å². The number of carboxylic acid groups (broad SMARTS) is 1. The molecule has 3 nitrogen and oxygen atoms in total. The molecule has 4 fully saturated rings. The summed E-state index contributed by atoms with van der Waals surface area (Å²) < 4.78 is 0. The molecule has 8 unspecified atom stereocenters. The molecule has 0 aliphatic heterocycles. The van der Waals surface area contributed by atoms with E-state index in [1.807, 2.05) is 55.4 Å². The molecule has 34 heavy (non-hydrogen) atoms. The molecule has 8 atom stereocenters. The van der Waals surface area contributed by atoms with Crippen molar-refractivity contribution in [2.45, 2.75) is 152 Å². The smallest absolute Gasteiger partial charge is 0.303 e. The standard InChI is InChI=1S/C23H38O3.4C2H6/c1-22-12-4-3-6-16(22)14-19(24)21-17-10-9-15(7-5-8-20(25)26)23(17,2)13-11-18(21)22;4*1-2/h15-19,21,24H,3-14H2,1-2H3,(H,25,26);4*1-2H3. The molecule has 0 amide bonds. The van der Waals surface area contributed by atoms with Crippen molar-refractivity contribution in [3.63, 3.8) is 0 Å². The van der Waals surface area contributed by atoms with Crippen molar-refractivity contribution in [1.29, 1.82) is 0 Å². The van der Waals surface area contributed by atoms with E-state index in [4.69, 9.17) is 5.11 Å². The Morgan fingerprint density at radius 2 is 1.38 bits per heavy atom. The Hall–Kier alpha value is -0.570. The van der Waals surface area contributed by atoms with Crippen LogP contribution in [0.2, 0.25) is 0 Å². The quantitative estimate of drug-likeness (QED) is 0.419. The molecule has 2 N–H and O–H groups in total. The minimum Gasteiger partial charge on any atom is -0.481 e. The molecule has 4 saturated carbocycles. The summed E-state index contributed by atoms with van der Waals surface area (Å²) in [6.07, 6.45) is 13.7. The molecule has 0 aromatic rings. The van der Waals surface area contributed by atoms with Crippen molar-refractivity contribution in [2.24, 2.45) is 40.4 Å². The fraction of sp³-hybridized carbons (Fsp3) is 0.968. The minimum atomic E-state index is -0.660. The van der Waals surface area contributed by atoms with Gasteiger partial charge in [-0.15, -0.1) is 0 Å². The zero-order valence-corrected chi connectivity index (χ0v) is 24.8. The van der Waals surface area contributed by atoms with Crippen molar-refractivity contribution in [2.75, 3.05) is 0 Å². The van der Waals surface area contributed by atoms with E-state index in [-0.39, 0.29) is 6.10 Å². The van der Waals surface area contributed by atoms with Gasteiger partial charge in [0.1, 0.15) is 0 Å². The molecule has 0 saturated heterocycles. The Balaban J connectivity index is 0.00000124. The van der Waals surface area contributed by atoms with Crippen LogP contribution in [0.3, 0.4) is 0 Å². The summed E-state index contributed by atoms with van der Waals surface area (Å²) in [5.41, 5.74) is 0.795. The number of aliphatic carboxylic acids is 1. The molecule has 0 aromatic heterocycles. The van der Waals surface area contributed by atoms with Crippen LogP contribution >= 0.6 is 0 Å². The van der Waals surface area contributed by atoms with Crippen molar-refractivity contribution < 1.29 is 15.0 Å². The van der Waals surface area contributed by atoms with E-state index in [9.17, 15) is 9.90 Å². The number of carbonyl (C=O) groups is 1. The molecule has 0 bridgehead atoms. The number of aliphatic hydroxyl groups excluding tert-OH is 1. The molecule has 3 heteroatoms. The van der Waals surface area contributed by atoms with Gasteiger partial charge in [0.15, 0.2) is 0 Å².